The second kappa shape index (κ2) is 6.56. The average molecular weight is 258 g/mol. The van der Waals surface area contributed by atoms with Gasteiger partial charge >= 0.3 is 0 Å². The highest BCUT2D eigenvalue weighted by Gasteiger charge is 2.25. The molecule has 0 radical (unpaired) electrons. The third-order valence-electron chi connectivity index (χ3n) is 2.39. The first-order valence-electron chi connectivity index (χ1n) is 5.74. The van der Waals surface area contributed by atoms with Crippen molar-refractivity contribution in [3.63, 3.8) is 0 Å². The smallest absolute Gasteiger partial charge is 0.222 e. The van der Waals surface area contributed by atoms with E-state index in [1.54, 1.807) is 13.8 Å². The molecule has 0 unspecified atom stereocenters. The Balaban J connectivity index is 3.05. The first-order chi connectivity index (χ1) is 8.52. The maximum absolute atomic E-state index is 13.6. The minimum absolute atomic E-state index is 0.147. The number of Topliss-reactive ketones (excluding diaryl/α,β-unsaturated/α-hetero) is 1. The number of hydrogen-bond acceptors (Lipinski definition) is 3. The Morgan fingerprint density at radius 1 is 1.17 bits per heavy atom. The van der Waals surface area contributed by atoms with Gasteiger partial charge in [-0.1, -0.05) is 6.07 Å². The molecule has 0 aromatic heterocycles. The number of rotatable bonds is 6. The standard InChI is InChI=1S/C13H16F2O3/c1-4-17-13(18-5-2)12(16)9-7-6-8(3)10(14)11(9)15/h6-7,13H,4-5H2,1-3H3. The average Bonchev–Trinajstić information content (AvgIpc) is 2.35. The van der Waals surface area contributed by atoms with Crippen molar-refractivity contribution in [2.75, 3.05) is 13.2 Å². The minimum Gasteiger partial charge on any atom is -0.346 e. The highest BCUT2D eigenvalue weighted by Crippen LogP contribution is 2.18. The van der Waals surface area contributed by atoms with Gasteiger partial charge in [0.25, 0.3) is 0 Å². The van der Waals surface area contributed by atoms with Gasteiger partial charge < -0.3 is 9.47 Å². The van der Waals surface area contributed by atoms with E-state index < -0.39 is 23.7 Å². The van der Waals surface area contributed by atoms with E-state index in [9.17, 15) is 13.6 Å². The minimum atomic E-state index is -1.20. The monoisotopic (exact) mass is 258 g/mol. The van der Waals surface area contributed by atoms with Gasteiger partial charge in [-0.15, -0.1) is 0 Å². The lowest BCUT2D eigenvalue weighted by molar-refractivity contribution is -0.107. The van der Waals surface area contributed by atoms with E-state index in [2.05, 4.69) is 0 Å². The molecule has 0 amide bonds. The SMILES string of the molecule is CCOC(OCC)C(=O)c1ccc(C)c(F)c1F. The lowest BCUT2D eigenvalue weighted by Crippen LogP contribution is -2.28. The summed E-state index contributed by atoms with van der Waals surface area (Å²) in [5, 5.41) is 0. The van der Waals surface area contributed by atoms with Crippen LogP contribution in [0.4, 0.5) is 8.78 Å². The zero-order valence-corrected chi connectivity index (χ0v) is 10.6. The molecule has 0 saturated carbocycles. The second-order valence-electron chi connectivity index (χ2n) is 3.66. The largest absolute Gasteiger partial charge is 0.346 e. The highest BCUT2D eigenvalue weighted by molar-refractivity contribution is 5.99. The lowest BCUT2D eigenvalue weighted by atomic mass is 10.1. The summed E-state index contributed by atoms with van der Waals surface area (Å²) >= 11 is 0. The molecule has 0 fully saturated rings. The molecule has 0 N–H and O–H groups in total. The van der Waals surface area contributed by atoms with Crippen molar-refractivity contribution in [1.82, 2.24) is 0 Å². The molecule has 0 bridgehead atoms. The van der Waals surface area contributed by atoms with E-state index >= 15 is 0 Å². The van der Waals surface area contributed by atoms with Crippen molar-refractivity contribution < 1.29 is 23.0 Å². The van der Waals surface area contributed by atoms with E-state index in [1.165, 1.54) is 19.1 Å². The van der Waals surface area contributed by atoms with Crippen molar-refractivity contribution in [2.24, 2.45) is 0 Å². The summed E-state index contributed by atoms with van der Waals surface area (Å²) in [6.45, 7) is 5.28. The van der Waals surface area contributed by atoms with Gasteiger partial charge in [0.15, 0.2) is 11.6 Å². The molecule has 0 spiro atoms. The topological polar surface area (TPSA) is 35.5 Å². The second-order valence-corrected chi connectivity index (χ2v) is 3.66. The van der Waals surface area contributed by atoms with Crippen molar-refractivity contribution in [3.8, 4) is 0 Å². The molecule has 1 aromatic rings. The van der Waals surface area contributed by atoms with Gasteiger partial charge in [-0.25, -0.2) is 8.78 Å². The zero-order valence-electron chi connectivity index (χ0n) is 10.6. The van der Waals surface area contributed by atoms with Gasteiger partial charge in [0, 0.05) is 13.2 Å². The summed E-state index contributed by atoms with van der Waals surface area (Å²) in [6.07, 6.45) is -1.20. The van der Waals surface area contributed by atoms with E-state index in [0.717, 1.165) is 0 Å². The number of hydrogen-bond donors (Lipinski definition) is 0. The first-order valence-corrected chi connectivity index (χ1v) is 5.74. The van der Waals surface area contributed by atoms with E-state index in [-0.39, 0.29) is 24.3 Å². The molecule has 0 aliphatic rings. The van der Waals surface area contributed by atoms with Crippen molar-refractivity contribution in [3.05, 3.63) is 34.9 Å². The summed E-state index contributed by atoms with van der Waals surface area (Å²) in [7, 11) is 0. The molecular formula is C13H16F2O3. The molecular weight excluding hydrogens is 242 g/mol. The number of ketones is 1. The van der Waals surface area contributed by atoms with Crippen LogP contribution in [-0.2, 0) is 9.47 Å². The van der Waals surface area contributed by atoms with E-state index in [1.807, 2.05) is 0 Å². The molecule has 0 aliphatic carbocycles. The van der Waals surface area contributed by atoms with Crippen LogP contribution in [0.2, 0.25) is 0 Å². The fourth-order valence-electron chi connectivity index (χ4n) is 1.47. The van der Waals surface area contributed by atoms with Gasteiger partial charge in [0.05, 0.1) is 5.56 Å². The quantitative estimate of drug-likeness (QED) is 0.581. The molecule has 18 heavy (non-hydrogen) atoms. The Labute approximate surface area is 105 Å². The normalized spacial score (nSPS) is 11.0. The fraction of sp³-hybridized carbons (Fsp3) is 0.462. The van der Waals surface area contributed by atoms with Crippen molar-refractivity contribution in [2.45, 2.75) is 27.1 Å². The van der Waals surface area contributed by atoms with Gasteiger partial charge in [-0.2, -0.15) is 0 Å². The summed E-state index contributed by atoms with van der Waals surface area (Å²) in [6, 6.07) is 2.59. The summed E-state index contributed by atoms with van der Waals surface area (Å²) < 4.78 is 37.2. The van der Waals surface area contributed by atoms with Crippen LogP contribution in [0, 0.1) is 18.6 Å². The van der Waals surface area contributed by atoms with Crippen LogP contribution < -0.4 is 0 Å². The number of carbonyl (C=O) groups excluding carboxylic acids is 1. The number of carbonyl (C=O) groups is 1. The first kappa shape index (κ1) is 14.7. The molecule has 1 aromatic carbocycles. The van der Waals surface area contributed by atoms with Gasteiger partial charge in [-0.3, -0.25) is 4.79 Å². The van der Waals surface area contributed by atoms with Crippen LogP contribution in [0.25, 0.3) is 0 Å². The molecule has 1 rings (SSSR count). The van der Waals surface area contributed by atoms with Gasteiger partial charge in [-0.05, 0) is 32.4 Å². The van der Waals surface area contributed by atoms with E-state index in [0.29, 0.717) is 0 Å². The lowest BCUT2D eigenvalue weighted by Gasteiger charge is -2.16. The van der Waals surface area contributed by atoms with Gasteiger partial charge in [0.1, 0.15) is 0 Å². The van der Waals surface area contributed by atoms with E-state index in [4.69, 9.17) is 9.47 Å². The highest BCUT2D eigenvalue weighted by atomic mass is 19.2. The third-order valence-corrected chi connectivity index (χ3v) is 2.39. The Morgan fingerprint density at radius 3 is 2.22 bits per heavy atom. The predicted octanol–water partition coefficient (Wildman–Crippen LogP) is 2.86. The van der Waals surface area contributed by atoms with Crippen LogP contribution in [0.1, 0.15) is 29.8 Å². The van der Waals surface area contributed by atoms with Crippen molar-refractivity contribution in [1.29, 1.82) is 0 Å². The summed E-state index contributed by atoms with van der Waals surface area (Å²) in [4.78, 5) is 12.0. The van der Waals surface area contributed by atoms with Crippen LogP contribution in [0.15, 0.2) is 12.1 Å². The number of ether oxygens (including phenoxy) is 2. The van der Waals surface area contributed by atoms with Crippen LogP contribution in [-0.4, -0.2) is 25.3 Å². The maximum atomic E-state index is 13.6. The Kier molecular flexibility index (Phi) is 5.37. The number of benzene rings is 1. The molecule has 0 atom stereocenters. The molecule has 0 heterocycles. The predicted molar refractivity (Wildman–Crippen MR) is 62.5 cm³/mol. The third kappa shape index (κ3) is 3.11. The molecule has 0 aliphatic heterocycles. The Hall–Kier alpha value is -1.33. The fourth-order valence-corrected chi connectivity index (χ4v) is 1.47. The Morgan fingerprint density at radius 2 is 1.72 bits per heavy atom. The van der Waals surface area contributed by atoms with Gasteiger partial charge in [0.2, 0.25) is 12.1 Å². The van der Waals surface area contributed by atoms with Crippen LogP contribution in [0.3, 0.4) is 0 Å². The number of halogens is 2. The Bertz CT molecular complexity index is 426. The van der Waals surface area contributed by atoms with Crippen molar-refractivity contribution >= 4 is 5.78 Å². The number of aryl methyl sites for hydroxylation is 1. The molecule has 0 saturated heterocycles. The molecule has 5 heteroatoms. The van der Waals surface area contributed by atoms with Crippen LogP contribution in [0.5, 0.6) is 0 Å². The summed E-state index contributed by atoms with van der Waals surface area (Å²) in [5.41, 5.74) is -0.210. The molecule has 3 nitrogen and oxygen atoms in total. The summed E-state index contributed by atoms with van der Waals surface area (Å²) in [5.74, 6) is -2.90. The van der Waals surface area contributed by atoms with Crippen LogP contribution >= 0.6 is 0 Å². The maximum Gasteiger partial charge on any atom is 0.222 e. The zero-order chi connectivity index (χ0) is 13.7. The molecule has 100 valence electrons.